The zero-order chi connectivity index (χ0) is 32.2. The highest BCUT2D eigenvalue weighted by Gasteiger charge is 2.50. The molecule has 0 radical (unpaired) electrons. The fraction of sp³-hybridized carbons (Fsp3) is 0.531. The second kappa shape index (κ2) is 12.1. The van der Waals surface area contributed by atoms with Gasteiger partial charge in [-0.15, -0.1) is 0 Å². The highest BCUT2D eigenvalue weighted by atomic mass is 16.7. The number of hydrogen-bond donors (Lipinski definition) is 5. The normalized spacial score (nSPS) is 31.1. The molecule has 2 aromatic carbocycles. The van der Waals surface area contributed by atoms with Crippen LogP contribution in [0.4, 0.5) is 0 Å². The predicted octanol–water partition coefficient (Wildman–Crippen LogP) is 1.55. The minimum Gasteiger partial charge on any atom is -0.507 e. The second-order valence-electron chi connectivity index (χ2n) is 12.1. The van der Waals surface area contributed by atoms with E-state index in [2.05, 4.69) is 0 Å². The second-order valence-corrected chi connectivity index (χ2v) is 12.1. The Morgan fingerprint density at radius 2 is 1.82 bits per heavy atom. The molecule has 13 heteroatoms. The number of rotatable bonds is 7. The maximum Gasteiger partial charge on any atom is 0.202 e. The van der Waals surface area contributed by atoms with Gasteiger partial charge >= 0.3 is 0 Å². The number of aromatic hydroxyl groups is 2. The summed E-state index contributed by atoms with van der Waals surface area (Å²) in [5, 5.41) is 44.2. The average molecular weight is 628 g/mol. The summed E-state index contributed by atoms with van der Waals surface area (Å²) in [6, 6.07) is 3.86. The third-order valence-electron chi connectivity index (χ3n) is 9.22. The molecule has 6 rings (SSSR count). The van der Waals surface area contributed by atoms with Gasteiger partial charge in [0.05, 0.1) is 36.0 Å². The van der Waals surface area contributed by atoms with Crippen molar-refractivity contribution in [2.75, 3.05) is 20.3 Å². The number of phenols is 2. The Hall–Kier alpha value is -3.43. The van der Waals surface area contributed by atoms with Crippen molar-refractivity contribution in [1.29, 1.82) is 0 Å². The first-order valence-electron chi connectivity index (χ1n) is 15.1. The van der Waals surface area contributed by atoms with Crippen LogP contribution in [-0.4, -0.2) is 94.5 Å². The lowest BCUT2D eigenvalue weighted by molar-refractivity contribution is -0.281. The smallest absolute Gasteiger partial charge is 0.202 e. The Bertz CT molecular complexity index is 1520. The van der Waals surface area contributed by atoms with Gasteiger partial charge in [0.25, 0.3) is 0 Å². The Morgan fingerprint density at radius 1 is 1.07 bits per heavy atom. The molecule has 4 aliphatic rings. The van der Waals surface area contributed by atoms with Gasteiger partial charge < -0.3 is 49.8 Å². The van der Waals surface area contributed by atoms with E-state index in [0.29, 0.717) is 6.61 Å². The van der Waals surface area contributed by atoms with Crippen LogP contribution in [0.3, 0.4) is 0 Å². The third kappa shape index (κ3) is 5.31. The molecule has 242 valence electrons. The first-order chi connectivity index (χ1) is 21.5. The van der Waals surface area contributed by atoms with Crippen LogP contribution in [0, 0.1) is 0 Å². The van der Waals surface area contributed by atoms with Crippen molar-refractivity contribution < 1.29 is 58.5 Å². The fourth-order valence-electron chi connectivity index (χ4n) is 6.95. The molecule has 45 heavy (non-hydrogen) atoms. The van der Waals surface area contributed by atoms with Crippen molar-refractivity contribution in [2.45, 2.75) is 88.0 Å². The Labute approximate surface area is 258 Å². The van der Waals surface area contributed by atoms with E-state index in [1.165, 1.54) is 25.3 Å². The summed E-state index contributed by atoms with van der Waals surface area (Å²) < 4.78 is 29.5. The number of ketones is 3. The molecular formula is C32H37NO12. The number of phenolic OH excluding ortho intramolecular Hbond substituents is 2. The van der Waals surface area contributed by atoms with E-state index >= 15 is 0 Å². The van der Waals surface area contributed by atoms with Gasteiger partial charge in [-0.3, -0.25) is 14.4 Å². The SMILES string of the molecule is COc1cccc2c1C(=O)c1c(O)c3c(c(O)c1C2=O)C[C@@](O)(C(=O)CO)C[C@@H]3O[C@@H]1C[C@H](N)[C@@H](O[C@@H]2CCCCO2)[C@@H](C)O1. The van der Waals surface area contributed by atoms with Crippen LogP contribution >= 0.6 is 0 Å². The number of Topliss-reactive ketones (excluding diaryl/α,β-unsaturated/α-hetero) is 1. The van der Waals surface area contributed by atoms with Gasteiger partial charge in [-0.1, -0.05) is 12.1 Å². The fourth-order valence-corrected chi connectivity index (χ4v) is 6.95. The molecule has 2 aliphatic carbocycles. The lowest BCUT2D eigenvalue weighted by Gasteiger charge is -2.43. The van der Waals surface area contributed by atoms with Crippen molar-refractivity contribution in [3.05, 3.63) is 51.6 Å². The van der Waals surface area contributed by atoms with Gasteiger partial charge in [0.1, 0.15) is 35.6 Å². The number of aliphatic hydroxyl groups is 2. The molecule has 7 atom stereocenters. The molecule has 0 saturated carbocycles. The first-order valence-corrected chi connectivity index (χ1v) is 15.1. The average Bonchev–Trinajstić information content (AvgIpc) is 3.02. The Kier molecular flexibility index (Phi) is 8.46. The van der Waals surface area contributed by atoms with Crippen LogP contribution < -0.4 is 10.5 Å². The minimum atomic E-state index is -2.24. The van der Waals surface area contributed by atoms with Crippen molar-refractivity contribution >= 4 is 17.3 Å². The third-order valence-corrected chi connectivity index (χ3v) is 9.22. The number of nitrogens with two attached hydrogens (primary N) is 1. The van der Waals surface area contributed by atoms with Gasteiger partial charge in [0, 0.05) is 48.6 Å². The Morgan fingerprint density at radius 3 is 2.49 bits per heavy atom. The maximum absolute atomic E-state index is 13.8. The van der Waals surface area contributed by atoms with Crippen LogP contribution in [0.15, 0.2) is 18.2 Å². The summed E-state index contributed by atoms with van der Waals surface area (Å²) >= 11 is 0. The summed E-state index contributed by atoms with van der Waals surface area (Å²) in [5.74, 6) is -3.67. The number of ether oxygens (including phenoxy) is 5. The number of methoxy groups -OCH3 is 1. The van der Waals surface area contributed by atoms with E-state index in [1.807, 2.05) is 0 Å². The number of carbonyl (C=O) groups is 3. The molecular weight excluding hydrogens is 590 g/mol. The van der Waals surface area contributed by atoms with Crippen LogP contribution in [0.5, 0.6) is 17.2 Å². The number of hydrogen-bond acceptors (Lipinski definition) is 13. The first kappa shape index (κ1) is 31.5. The number of aliphatic hydroxyl groups excluding tert-OH is 1. The van der Waals surface area contributed by atoms with Crippen LogP contribution in [0.1, 0.15) is 88.1 Å². The summed E-state index contributed by atoms with van der Waals surface area (Å²) in [6.45, 7) is 1.35. The van der Waals surface area contributed by atoms with E-state index in [9.17, 15) is 34.8 Å². The zero-order valence-corrected chi connectivity index (χ0v) is 25.0. The molecule has 0 spiro atoms. The van der Waals surface area contributed by atoms with Gasteiger partial charge in [-0.05, 0) is 32.3 Å². The quantitative estimate of drug-likeness (QED) is 0.236. The molecule has 2 saturated heterocycles. The molecule has 2 aliphatic heterocycles. The number of fused-ring (bicyclic) bond motifs is 3. The van der Waals surface area contributed by atoms with E-state index in [0.717, 1.165) is 19.3 Å². The molecule has 13 nitrogen and oxygen atoms in total. The predicted molar refractivity (Wildman–Crippen MR) is 154 cm³/mol. The number of carbonyl (C=O) groups excluding carboxylic acids is 3. The van der Waals surface area contributed by atoms with Gasteiger partial charge in [-0.25, -0.2) is 0 Å². The maximum atomic E-state index is 13.8. The highest BCUT2D eigenvalue weighted by molar-refractivity contribution is 6.31. The van der Waals surface area contributed by atoms with Crippen molar-refractivity contribution in [1.82, 2.24) is 0 Å². The molecule has 2 fully saturated rings. The summed E-state index contributed by atoms with van der Waals surface area (Å²) in [5.41, 5.74) is 2.98. The van der Waals surface area contributed by atoms with E-state index < -0.39 is 102 Å². The van der Waals surface area contributed by atoms with Gasteiger partial charge in [0.15, 0.2) is 24.1 Å². The van der Waals surface area contributed by atoms with Crippen LogP contribution in [0.25, 0.3) is 0 Å². The summed E-state index contributed by atoms with van der Waals surface area (Å²) in [6.07, 6.45) is -2.03. The standard InChI is InChI=1S/C32H37NO12/c1-14-31(45-21-8-3-4-9-42-21)17(33)10-22(43-14)44-19-12-32(40,20(35)13-34)11-16-24(19)30(39)26-25(28(16)37)27(36)15-6-5-7-18(41-2)23(15)29(26)38/h5-7,14,17,19,21-22,31,34,37,39-40H,3-4,8-13,33H2,1-2H3/t14-,17+,19+,21-,22-,31+,32+/m1/s1. The topological polar surface area (TPSA) is 204 Å². The van der Waals surface area contributed by atoms with Crippen molar-refractivity contribution in [2.24, 2.45) is 5.73 Å². The lowest BCUT2D eigenvalue weighted by Crippen LogP contribution is -2.55. The van der Waals surface area contributed by atoms with E-state index in [1.54, 1.807) is 6.92 Å². The molecule has 0 unspecified atom stereocenters. The highest BCUT2D eigenvalue weighted by Crippen LogP contribution is 2.52. The van der Waals surface area contributed by atoms with Crippen LogP contribution in [0.2, 0.25) is 0 Å². The largest absolute Gasteiger partial charge is 0.507 e. The Balaban J connectivity index is 1.38. The molecule has 2 heterocycles. The molecule has 6 N–H and O–H groups in total. The molecule has 0 bridgehead atoms. The zero-order valence-electron chi connectivity index (χ0n) is 25.0. The van der Waals surface area contributed by atoms with Gasteiger partial charge in [0.2, 0.25) is 5.78 Å². The molecule has 2 aromatic rings. The van der Waals surface area contributed by atoms with E-state index in [-0.39, 0.29) is 34.4 Å². The van der Waals surface area contributed by atoms with Crippen molar-refractivity contribution in [3.8, 4) is 17.2 Å². The number of benzene rings is 2. The summed E-state index contributed by atoms with van der Waals surface area (Å²) in [7, 11) is 1.34. The van der Waals surface area contributed by atoms with Gasteiger partial charge in [-0.2, -0.15) is 0 Å². The summed E-state index contributed by atoms with van der Waals surface area (Å²) in [4.78, 5) is 40.2. The molecule has 0 amide bonds. The van der Waals surface area contributed by atoms with Crippen LogP contribution in [-0.2, 0) is 30.2 Å². The molecule has 0 aromatic heterocycles. The van der Waals surface area contributed by atoms with Crippen molar-refractivity contribution in [3.63, 3.8) is 0 Å². The van der Waals surface area contributed by atoms with E-state index in [4.69, 9.17) is 29.4 Å². The monoisotopic (exact) mass is 627 g/mol. The lowest BCUT2D eigenvalue weighted by atomic mass is 9.72. The minimum absolute atomic E-state index is 0.0409.